The summed E-state index contributed by atoms with van der Waals surface area (Å²) >= 11 is 0. The van der Waals surface area contributed by atoms with E-state index in [0.717, 1.165) is 12.8 Å². The molecule has 0 bridgehead atoms. The molecule has 1 aromatic carbocycles. The van der Waals surface area contributed by atoms with Gasteiger partial charge in [-0.3, -0.25) is 15.0 Å². The van der Waals surface area contributed by atoms with Crippen molar-refractivity contribution in [1.29, 1.82) is 0 Å². The number of benzene rings is 1. The van der Waals surface area contributed by atoms with E-state index in [2.05, 4.69) is 31.7 Å². The van der Waals surface area contributed by atoms with Gasteiger partial charge >= 0.3 is 0 Å². The number of hydrogen-bond donors (Lipinski definition) is 5. The first-order valence-corrected chi connectivity index (χ1v) is 10.4. The number of methoxy groups -OCH3 is 1. The van der Waals surface area contributed by atoms with Crippen LogP contribution in [0.1, 0.15) is 28.8 Å². The molecule has 174 valence electrons. The highest BCUT2D eigenvalue weighted by atomic mass is 16.5. The first-order valence-electron chi connectivity index (χ1n) is 10.4. The Balaban J connectivity index is 1.85. The average molecular weight is 454 g/mol. The number of hydrogen-bond acceptors (Lipinski definition) is 9. The van der Waals surface area contributed by atoms with Crippen LogP contribution < -0.4 is 31.7 Å². The molecular formula is C21H26N8O4. The lowest BCUT2D eigenvalue weighted by Gasteiger charge is -2.15. The fourth-order valence-electron chi connectivity index (χ4n) is 3.38. The lowest BCUT2D eigenvalue weighted by molar-refractivity contribution is -0.117. The fourth-order valence-corrected chi connectivity index (χ4v) is 3.38. The molecule has 12 nitrogen and oxygen atoms in total. The number of nitrogens with one attached hydrogen (secondary N) is 4. The summed E-state index contributed by atoms with van der Waals surface area (Å²) in [5.74, 6) is 0.784. The van der Waals surface area contributed by atoms with Crippen LogP contribution in [0.25, 0.3) is 0 Å². The second-order valence-corrected chi connectivity index (χ2v) is 7.61. The first kappa shape index (κ1) is 22.3. The minimum atomic E-state index is -0.421. The second-order valence-electron chi connectivity index (χ2n) is 7.61. The number of rotatable bonds is 7. The van der Waals surface area contributed by atoms with Crippen LogP contribution in [-0.2, 0) is 11.5 Å². The molecule has 33 heavy (non-hydrogen) atoms. The molecule has 2 aliphatic rings. The van der Waals surface area contributed by atoms with Gasteiger partial charge in [-0.1, -0.05) is 6.07 Å². The number of carbonyl (C=O) groups is 2. The van der Waals surface area contributed by atoms with Gasteiger partial charge in [0.25, 0.3) is 5.91 Å². The second kappa shape index (κ2) is 9.30. The van der Waals surface area contributed by atoms with Gasteiger partial charge in [0.15, 0.2) is 11.6 Å². The maximum absolute atomic E-state index is 12.6. The molecule has 1 saturated carbocycles. The van der Waals surface area contributed by atoms with E-state index >= 15 is 0 Å². The van der Waals surface area contributed by atoms with Crippen molar-refractivity contribution in [1.82, 2.24) is 26.0 Å². The minimum Gasteiger partial charge on any atom is -0.494 e. The molecule has 12 heteroatoms. The van der Waals surface area contributed by atoms with Crippen molar-refractivity contribution in [3.05, 3.63) is 46.9 Å². The number of aromatic nitrogens is 1. The monoisotopic (exact) mass is 454 g/mol. The zero-order valence-corrected chi connectivity index (χ0v) is 18.5. The SMILES string of the molecule is CNC(=O)c1cn(CO)c(NC(=O)C2CC2)cc1=Nc1cccc(C2=NNN(C)N2)c1OC. The Morgan fingerprint density at radius 1 is 1.36 bits per heavy atom. The largest absolute Gasteiger partial charge is 0.494 e. The third kappa shape index (κ3) is 4.66. The molecule has 0 atom stereocenters. The van der Waals surface area contributed by atoms with Gasteiger partial charge in [0.1, 0.15) is 18.2 Å². The highest BCUT2D eigenvalue weighted by Crippen LogP contribution is 2.32. The summed E-state index contributed by atoms with van der Waals surface area (Å²) in [5.41, 5.74) is 7.17. The molecule has 0 spiro atoms. The lowest BCUT2D eigenvalue weighted by Crippen LogP contribution is -2.37. The van der Waals surface area contributed by atoms with E-state index in [1.54, 1.807) is 30.4 Å². The maximum Gasteiger partial charge on any atom is 0.254 e. The van der Waals surface area contributed by atoms with Gasteiger partial charge in [-0.2, -0.15) is 0 Å². The zero-order valence-electron chi connectivity index (χ0n) is 18.5. The Morgan fingerprint density at radius 3 is 2.76 bits per heavy atom. The fraction of sp³-hybridized carbons (Fsp3) is 0.333. The number of amidine groups is 1. The predicted molar refractivity (Wildman–Crippen MR) is 120 cm³/mol. The van der Waals surface area contributed by atoms with Crippen LogP contribution in [0.3, 0.4) is 0 Å². The quantitative estimate of drug-likeness (QED) is 0.396. The van der Waals surface area contributed by atoms with E-state index in [1.165, 1.54) is 24.9 Å². The molecule has 2 heterocycles. The number of ether oxygens (including phenoxy) is 1. The predicted octanol–water partition coefficient (Wildman–Crippen LogP) is 0.00320. The van der Waals surface area contributed by atoms with Crippen LogP contribution in [0.15, 0.2) is 40.6 Å². The minimum absolute atomic E-state index is 0.0284. The third-order valence-corrected chi connectivity index (χ3v) is 5.25. The van der Waals surface area contributed by atoms with Crippen molar-refractivity contribution in [3.63, 3.8) is 0 Å². The van der Waals surface area contributed by atoms with Gasteiger partial charge in [0, 0.05) is 32.3 Å². The number of hydrazine groups is 2. The summed E-state index contributed by atoms with van der Waals surface area (Å²) in [6.07, 6.45) is 3.13. The van der Waals surface area contributed by atoms with Crippen LogP contribution in [0.2, 0.25) is 0 Å². The Bertz CT molecular complexity index is 1190. The van der Waals surface area contributed by atoms with Crippen LogP contribution in [0, 0.1) is 5.92 Å². The van der Waals surface area contributed by atoms with Crippen molar-refractivity contribution in [2.24, 2.45) is 16.0 Å². The van der Waals surface area contributed by atoms with Crippen LogP contribution in [0.5, 0.6) is 5.75 Å². The summed E-state index contributed by atoms with van der Waals surface area (Å²) in [6, 6.07) is 6.94. The van der Waals surface area contributed by atoms with Gasteiger partial charge in [0.2, 0.25) is 5.91 Å². The van der Waals surface area contributed by atoms with Crippen molar-refractivity contribution in [2.75, 3.05) is 26.5 Å². The Hall–Kier alpha value is -3.90. The highest BCUT2D eigenvalue weighted by molar-refractivity contribution is 6.02. The van der Waals surface area contributed by atoms with Crippen molar-refractivity contribution >= 4 is 29.2 Å². The molecule has 1 aliphatic carbocycles. The van der Waals surface area contributed by atoms with Gasteiger partial charge in [-0.25, -0.2) is 10.5 Å². The number of para-hydroxylation sites is 1. The molecule has 0 unspecified atom stereocenters. The number of pyridine rings is 1. The molecule has 4 rings (SSSR count). The summed E-state index contributed by atoms with van der Waals surface area (Å²) < 4.78 is 7.01. The number of anilines is 1. The van der Waals surface area contributed by atoms with E-state index in [-0.39, 0.29) is 23.3 Å². The van der Waals surface area contributed by atoms with Gasteiger partial charge < -0.3 is 25.0 Å². The normalized spacial score (nSPS) is 16.0. The third-order valence-electron chi connectivity index (χ3n) is 5.25. The zero-order chi connectivity index (χ0) is 23.5. The Morgan fingerprint density at radius 2 is 2.15 bits per heavy atom. The summed E-state index contributed by atoms with van der Waals surface area (Å²) in [5, 5.41) is 21.3. The molecule has 0 saturated heterocycles. The van der Waals surface area contributed by atoms with Crippen LogP contribution >= 0.6 is 0 Å². The Kier molecular flexibility index (Phi) is 6.29. The van der Waals surface area contributed by atoms with E-state index in [0.29, 0.717) is 34.0 Å². The van der Waals surface area contributed by atoms with Gasteiger partial charge in [0.05, 0.1) is 23.6 Å². The topological polar surface area (TPSA) is 145 Å². The smallest absolute Gasteiger partial charge is 0.254 e. The molecule has 1 aliphatic heterocycles. The molecule has 1 fully saturated rings. The maximum atomic E-state index is 12.6. The average Bonchev–Trinajstić information content (AvgIpc) is 3.59. The van der Waals surface area contributed by atoms with E-state index in [1.807, 2.05) is 6.07 Å². The van der Waals surface area contributed by atoms with E-state index in [4.69, 9.17) is 4.74 Å². The summed E-state index contributed by atoms with van der Waals surface area (Å²) in [7, 11) is 4.80. The number of aliphatic hydroxyl groups is 1. The number of nitrogens with zero attached hydrogens (tertiary/aromatic N) is 4. The van der Waals surface area contributed by atoms with Crippen molar-refractivity contribution < 1.29 is 19.4 Å². The van der Waals surface area contributed by atoms with Crippen molar-refractivity contribution in [3.8, 4) is 5.75 Å². The number of amides is 2. The van der Waals surface area contributed by atoms with E-state index < -0.39 is 6.73 Å². The molecule has 5 N–H and O–H groups in total. The number of carbonyl (C=O) groups excluding carboxylic acids is 2. The van der Waals surface area contributed by atoms with Crippen LogP contribution in [0.4, 0.5) is 11.5 Å². The lowest BCUT2D eigenvalue weighted by atomic mass is 10.1. The number of aliphatic hydroxyl groups excluding tert-OH is 1. The van der Waals surface area contributed by atoms with Crippen LogP contribution in [-0.4, -0.2) is 53.6 Å². The highest BCUT2D eigenvalue weighted by Gasteiger charge is 2.30. The molecule has 0 radical (unpaired) electrons. The Labute approximate surface area is 189 Å². The summed E-state index contributed by atoms with van der Waals surface area (Å²) in [4.78, 5) is 29.6. The molecule has 1 aromatic heterocycles. The van der Waals surface area contributed by atoms with Gasteiger partial charge in [-0.15, -0.1) is 10.2 Å². The van der Waals surface area contributed by atoms with Crippen molar-refractivity contribution in [2.45, 2.75) is 19.6 Å². The molecular weight excluding hydrogens is 428 g/mol. The molecule has 2 amide bonds. The standard InChI is InChI=1S/C21H26N8O4/c1-22-21(32)14-10-29(11-30)17(24-20(31)12-7-8-12)9-16(14)23-15-6-4-5-13(18(15)33-3)19-25-27-28(2)26-19/h4-6,9-10,12,27,30H,7-8,11H2,1-3H3,(H,22,32)(H,24,31)(H,25,26). The summed E-state index contributed by atoms with van der Waals surface area (Å²) in [6.45, 7) is -0.421. The first-order chi connectivity index (χ1) is 15.9. The van der Waals surface area contributed by atoms with Gasteiger partial charge in [-0.05, 0) is 25.0 Å². The number of hydrazone groups is 1. The van der Waals surface area contributed by atoms with E-state index in [9.17, 15) is 14.7 Å². The molecule has 2 aromatic rings.